The molecule has 0 bridgehead atoms. The molecule has 94 valence electrons. The number of carboxylic acids is 1. The quantitative estimate of drug-likeness (QED) is 0.888. The van der Waals surface area contributed by atoms with Crippen LogP contribution in [0.2, 0.25) is 0 Å². The van der Waals surface area contributed by atoms with E-state index in [1.807, 2.05) is 6.07 Å². The van der Waals surface area contributed by atoms with Gasteiger partial charge in [-0.25, -0.2) is 0 Å². The van der Waals surface area contributed by atoms with Crippen molar-refractivity contribution in [3.8, 4) is 0 Å². The van der Waals surface area contributed by atoms with Gasteiger partial charge in [0.1, 0.15) is 0 Å². The molecular formula is C14H20O2S. The third-order valence-electron chi connectivity index (χ3n) is 3.88. The third kappa shape index (κ3) is 3.09. The molecule has 1 fully saturated rings. The zero-order valence-electron chi connectivity index (χ0n) is 10.5. The molecule has 0 aliphatic heterocycles. The van der Waals surface area contributed by atoms with Gasteiger partial charge < -0.3 is 5.11 Å². The molecule has 2 rings (SSSR count). The first-order valence-electron chi connectivity index (χ1n) is 6.23. The third-order valence-corrected chi connectivity index (χ3v) is 4.78. The Morgan fingerprint density at radius 2 is 2.35 bits per heavy atom. The van der Waals surface area contributed by atoms with Crippen LogP contribution in [0.15, 0.2) is 17.5 Å². The van der Waals surface area contributed by atoms with E-state index in [-0.39, 0.29) is 5.92 Å². The van der Waals surface area contributed by atoms with Gasteiger partial charge in [0.15, 0.2) is 0 Å². The predicted molar refractivity (Wildman–Crippen MR) is 70.3 cm³/mol. The first kappa shape index (κ1) is 12.6. The Hall–Kier alpha value is -0.830. The van der Waals surface area contributed by atoms with Crippen LogP contribution < -0.4 is 0 Å². The van der Waals surface area contributed by atoms with Crippen LogP contribution in [0, 0.1) is 17.3 Å². The van der Waals surface area contributed by atoms with Crippen molar-refractivity contribution in [1.82, 2.24) is 0 Å². The highest BCUT2D eigenvalue weighted by atomic mass is 32.1. The van der Waals surface area contributed by atoms with E-state index in [1.165, 1.54) is 4.88 Å². The van der Waals surface area contributed by atoms with E-state index < -0.39 is 5.97 Å². The fourth-order valence-corrected chi connectivity index (χ4v) is 3.76. The largest absolute Gasteiger partial charge is 0.481 e. The highest BCUT2D eigenvalue weighted by Gasteiger charge is 2.38. The lowest BCUT2D eigenvalue weighted by Crippen LogP contribution is -2.35. The molecule has 1 aliphatic rings. The second kappa shape index (κ2) is 4.81. The molecule has 1 aromatic rings. The lowest BCUT2D eigenvalue weighted by atomic mass is 9.66. The summed E-state index contributed by atoms with van der Waals surface area (Å²) in [4.78, 5) is 12.6. The Balaban J connectivity index is 2.11. The molecule has 0 radical (unpaired) electrons. The second-order valence-electron chi connectivity index (χ2n) is 5.90. The van der Waals surface area contributed by atoms with Gasteiger partial charge in [-0.1, -0.05) is 19.9 Å². The summed E-state index contributed by atoms with van der Waals surface area (Å²) >= 11 is 1.74. The minimum absolute atomic E-state index is 0.148. The monoisotopic (exact) mass is 252 g/mol. The minimum Gasteiger partial charge on any atom is -0.481 e. The molecule has 1 aromatic heterocycles. The standard InChI is InChI=1S/C14H20O2S/c1-14(2)6-5-12(13(15)16)10(9-14)8-11-4-3-7-17-11/h3-4,7,10,12H,5-6,8-9H2,1-2H3,(H,15,16). The summed E-state index contributed by atoms with van der Waals surface area (Å²) in [6, 6.07) is 4.16. The van der Waals surface area contributed by atoms with E-state index >= 15 is 0 Å². The van der Waals surface area contributed by atoms with Crippen LogP contribution >= 0.6 is 11.3 Å². The molecule has 2 nitrogen and oxygen atoms in total. The summed E-state index contributed by atoms with van der Waals surface area (Å²) in [6.45, 7) is 4.51. The zero-order chi connectivity index (χ0) is 12.5. The maximum atomic E-state index is 11.3. The molecule has 3 heteroatoms. The summed E-state index contributed by atoms with van der Waals surface area (Å²) in [6.07, 6.45) is 3.82. The van der Waals surface area contributed by atoms with Crippen molar-refractivity contribution in [2.24, 2.45) is 17.3 Å². The number of rotatable bonds is 3. The summed E-state index contributed by atoms with van der Waals surface area (Å²) < 4.78 is 0. The van der Waals surface area contributed by atoms with E-state index in [9.17, 15) is 9.90 Å². The molecular weight excluding hydrogens is 232 g/mol. The number of aliphatic carboxylic acids is 1. The summed E-state index contributed by atoms with van der Waals surface area (Å²) in [5.41, 5.74) is 0.299. The number of hydrogen-bond donors (Lipinski definition) is 1. The smallest absolute Gasteiger partial charge is 0.306 e. The van der Waals surface area contributed by atoms with Crippen LogP contribution in [-0.2, 0) is 11.2 Å². The zero-order valence-corrected chi connectivity index (χ0v) is 11.3. The van der Waals surface area contributed by atoms with Crippen molar-refractivity contribution in [3.63, 3.8) is 0 Å². The van der Waals surface area contributed by atoms with Crippen LogP contribution in [0.1, 0.15) is 38.0 Å². The van der Waals surface area contributed by atoms with Crippen molar-refractivity contribution in [2.75, 3.05) is 0 Å². The first-order chi connectivity index (χ1) is 7.98. The molecule has 0 amide bonds. The maximum Gasteiger partial charge on any atom is 0.306 e. The van der Waals surface area contributed by atoms with Crippen LogP contribution in [-0.4, -0.2) is 11.1 Å². The van der Waals surface area contributed by atoms with Crippen molar-refractivity contribution in [1.29, 1.82) is 0 Å². The van der Waals surface area contributed by atoms with Gasteiger partial charge in [0, 0.05) is 4.88 Å². The van der Waals surface area contributed by atoms with Gasteiger partial charge in [-0.15, -0.1) is 11.3 Å². The number of carboxylic acid groups (broad SMARTS) is 1. The highest BCUT2D eigenvalue weighted by Crippen LogP contribution is 2.43. The SMILES string of the molecule is CC1(C)CCC(C(=O)O)C(Cc2cccs2)C1. The lowest BCUT2D eigenvalue weighted by Gasteiger charge is -2.39. The van der Waals surface area contributed by atoms with Gasteiger partial charge in [0.2, 0.25) is 0 Å². The van der Waals surface area contributed by atoms with Crippen molar-refractivity contribution in [3.05, 3.63) is 22.4 Å². The number of carbonyl (C=O) groups is 1. The summed E-state index contributed by atoms with van der Waals surface area (Å²) in [5.74, 6) is -0.456. The van der Waals surface area contributed by atoms with E-state index in [0.717, 1.165) is 25.7 Å². The Bertz CT molecular complexity index is 381. The Morgan fingerprint density at radius 1 is 1.59 bits per heavy atom. The van der Waals surface area contributed by atoms with Gasteiger partial charge in [0.05, 0.1) is 5.92 Å². The molecule has 1 heterocycles. The molecule has 0 saturated heterocycles. The van der Waals surface area contributed by atoms with Crippen LogP contribution in [0.5, 0.6) is 0 Å². The predicted octanol–water partition coefficient (Wildman–Crippen LogP) is 3.82. The molecule has 2 unspecified atom stereocenters. The molecule has 1 aliphatic carbocycles. The fourth-order valence-electron chi connectivity index (χ4n) is 2.96. The Labute approximate surface area is 107 Å². The van der Waals surface area contributed by atoms with E-state index in [1.54, 1.807) is 11.3 Å². The Kier molecular flexibility index (Phi) is 3.57. The molecule has 1 N–H and O–H groups in total. The molecule has 0 aromatic carbocycles. The minimum atomic E-state index is -0.609. The van der Waals surface area contributed by atoms with Crippen LogP contribution in [0.4, 0.5) is 0 Å². The van der Waals surface area contributed by atoms with E-state index in [2.05, 4.69) is 25.3 Å². The van der Waals surface area contributed by atoms with Crippen LogP contribution in [0.25, 0.3) is 0 Å². The average molecular weight is 252 g/mol. The van der Waals surface area contributed by atoms with Crippen molar-refractivity contribution >= 4 is 17.3 Å². The fraction of sp³-hybridized carbons (Fsp3) is 0.643. The highest BCUT2D eigenvalue weighted by molar-refractivity contribution is 7.09. The van der Waals surface area contributed by atoms with E-state index in [0.29, 0.717) is 11.3 Å². The van der Waals surface area contributed by atoms with Crippen molar-refractivity contribution < 1.29 is 9.90 Å². The Morgan fingerprint density at radius 3 is 2.94 bits per heavy atom. The van der Waals surface area contributed by atoms with Gasteiger partial charge in [-0.05, 0) is 48.5 Å². The molecule has 1 saturated carbocycles. The average Bonchev–Trinajstić information content (AvgIpc) is 2.68. The maximum absolute atomic E-state index is 11.3. The van der Waals surface area contributed by atoms with E-state index in [4.69, 9.17) is 0 Å². The topological polar surface area (TPSA) is 37.3 Å². The number of hydrogen-bond acceptors (Lipinski definition) is 2. The second-order valence-corrected chi connectivity index (χ2v) is 6.93. The number of thiophene rings is 1. The first-order valence-corrected chi connectivity index (χ1v) is 7.11. The normalized spacial score (nSPS) is 27.9. The van der Waals surface area contributed by atoms with Gasteiger partial charge in [-0.3, -0.25) is 4.79 Å². The van der Waals surface area contributed by atoms with Gasteiger partial charge >= 0.3 is 5.97 Å². The lowest BCUT2D eigenvalue weighted by molar-refractivity contribution is -0.146. The van der Waals surface area contributed by atoms with Gasteiger partial charge in [0.25, 0.3) is 0 Å². The molecule has 17 heavy (non-hydrogen) atoms. The van der Waals surface area contributed by atoms with Crippen LogP contribution in [0.3, 0.4) is 0 Å². The summed E-state index contributed by atoms with van der Waals surface area (Å²) in [5, 5.41) is 11.4. The molecule has 0 spiro atoms. The van der Waals surface area contributed by atoms with Crippen molar-refractivity contribution in [2.45, 2.75) is 39.5 Å². The van der Waals surface area contributed by atoms with Gasteiger partial charge in [-0.2, -0.15) is 0 Å². The molecule has 2 atom stereocenters. The summed E-state index contributed by atoms with van der Waals surface area (Å²) in [7, 11) is 0.